The van der Waals surface area contributed by atoms with Crippen LogP contribution in [0.15, 0.2) is 12.3 Å². The number of aromatic nitrogens is 2. The summed E-state index contributed by atoms with van der Waals surface area (Å²) in [6.45, 7) is 0. The Morgan fingerprint density at radius 3 is 2.76 bits per heavy atom. The minimum atomic E-state index is 0.387. The molecule has 4 nitrogen and oxygen atoms in total. The van der Waals surface area contributed by atoms with Gasteiger partial charge < -0.3 is 10.6 Å². The lowest BCUT2D eigenvalue weighted by Crippen LogP contribution is -2.35. The van der Waals surface area contributed by atoms with E-state index in [0.29, 0.717) is 11.0 Å². The predicted molar refractivity (Wildman–Crippen MR) is 73.2 cm³/mol. The number of thiocarbonyl (C=S) groups is 1. The summed E-state index contributed by atoms with van der Waals surface area (Å²) in [6, 6.07) is 2.37. The van der Waals surface area contributed by atoms with Crippen molar-refractivity contribution in [2.24, 2.45) is 5.73 Å². The first kappa shape index (κ1) is 12.2. The molecule has 17 heavy (non-hydrogen) atoms. The van der Waals surface area contributed by atoms with E-state index >= 15 is 0 Å². The van der Waals surface area contributed by atoms with Gasteiger partial charge in [-0.25, -0.2) is 0 Å². The Morgan fingerprint density at radius 2 is 2.12 bits per heavy atom. The van der Waals surface area contributed by atoms with Crippen molar-refractivity contribution < 1.29 is 0 Å². The van der Waals surface area contributed by atoms with Gasteiger partial charge in [-0.2, -0.15) is 5.10 Å². The van der Waals surface area contributed by atoms with Crippen LogP contribution in [0, 0.1) is 0 Å². The predicted octanol–water partition coefficient (Wildman–Crippen LogP) is 1.88. The van der Waals surface area contributed by atoms with Crippen molar-refractivity contribution in [2.45, 2.75) is 38.1 Å². The van der Waals surface area contributed by atoms with E-state index in [1.165, 1.54) is 32.1 Å². The number of hydrogen-bond donors (Lipinski definition) is 1. The second kappa shape index (κ2) is 5.40. The molecule has 0 atom stereocenters. The topological polar surface area (TPSA) is 55.0 Å². The highest BCUT2D eigenvalue weighted by molar-refractivity contribution is 7.80. The van der Waals surface area contributed by atoms with Crippen LogP contribution in [-0.4, -0.2) is 28.3 Å². The normalized spacial score (nSPS) is 16.8. The second-order valence-electron chi connectivity index (χ2n) is 4.54. The van der Waals surface area contributed by atoms with Crippen LogP contribution in [0.25, 0.3) is 0 Å². The van der Waals surface area contributed by atoms with E-state index in [4.69, 9.17) is 18.0 Å². The summed E-state index contributed by atoms with van der Waals surface area (Å²) in [6.07, 6.45) is 7.97. The first-order valence-corrected chi connectivity index (χ1v) is 6.45. The lowest BCUT2D eigenvalue weighted by molar-refractivity contribution is 0.425. The average Bonchev–Trinajstić information content (AvgIpc) is 2.39. The van der Waals surface area contributed by atoms with Gasteiger partial charge in [-0.1, -0.05) is 31.5 Å². The number of rotatable bonds is 3. The third-order valence-corrected chi connectivity index (χ3v) is 3.64. The molecule has 1 heterocycles. The molecule has 1 aromatic heterocycles. The highest BCUT2D eigenvalue weighted by Gasteiger charge is 2.21. The van der Waals surface area contributed by atoms with Crippen LogP contribution >= 0.6 is 12.2 Å². The minimum absolute atomic E-state index is 0.387. The van der Waals surface area contributed by atoms with Crippen LogP contribution in [0.5, 0.6) is 0 Å². The molecule has 1 aromatic rings. The Labute approximate surface area is 107 Å². The van der Waals surface area contributed by atoms with Gasteiger partial charge in [-0.3, -0.25) is 0 Å². The molecular formula is C12H18N4S. The molecule has 0 amide bonds. The van der Waals surface area contributed by atoms with E-state index in [2.05, 4.69) is 22.1 Å². The molecule has 1 saturated carbocycles. The van der Waals surface area contributed by atoms with Gasteiger partial charge in [-0.15, -0.1) is 5.10 Å². The first-order valence-electron chi connectivity index (χ1n) is 6.04. The molecule has 92 valence electrons. The highest BCUT2D eigenvalue weighted by Crippen LogP contribution is 2.26. The van der Waals surface area contributed by atoms with Gasteiger partial charge in [0.2, 0.25) is 0 Å². The summed E-state index contributed by atoms with van der Waals surface area (Å²) in [5.74, 6) is 0.812. The summed E-state index contributed by atoms with van der Waals surface area (Å²) >= 11 is 5.05. The van der Waals surface area contributed by atoms with Gasteiger partial charge in [-0.05, 0) is 18.9 Å². The summed E-state index contributed by atoms with van der Waals surface area (Å²) in [5, 5.41) is 8.12. The quantitative estimate of drug-likeness (QED) is 0.830. The molecule has 0 aliphatic heterocycles. The first-order chi connectivity index (χ1) is 8.20. The van der Waals surface area contributed by atoms with Gasteiger partial charge in [0, 0.05) is 13.1 Å². The summed E-state index contributed by atoms with van der Waals surface area (Å²) in [7, 11) is 2.06. The summed E-state index contributed by atoms with van der Waals surface area (Å²) in [5.41, 5.74) is 6.54. The van der Waals surface area contributed by atoms with Crippen molar-refractivity contribution in [3.8, 4) is 0 Å². The van der Waals surface area contributed by atoms with E-state index in [1.54, 1.807) is 6.20 Å². The van der Waals surface area contributed by atoms with Crippen molar-refractivity contribution in [1.82, 2.24) is 10.2 Å². The molecule has 0 spiro atoms. The Kier molecular flexibility index (Phi) is 3.89. The molecule has 1 aliphatic rings. The number of hydrogen-bond acceptors (Lipinski definition) is 4. The molecule has 5 heteroatoms. The molecule has 2 rings (SSSR count). The monoisotopic (exact) mass is 250 g/mol. The van der Waals surface area contributed by atoms with Crippen LogP contribution in [-0.2, 0) is 0 Å². The van der Waals surface area contributed by atoms with Crippen LogP contribution in [0.1, 0.15) is 37.7 Å². The zero-order valence-electron chi connectivity index (χ0n) is 10.1. The van der Waals surface area contributed by atoms with Crippen LogP contribution in [0.4, 0.5) is 5.82 Å². The molecule has 0 unspecified atom stereocenters. The summed E-state index contributed by atoms with van der Waals surface area (Å²) in [4.78, 5) is 2.57. The van der Waals surface area contributed by atoms with Crippen molar-refractivity contribution >= 4 is 23.0 Å². The van der Waals surface area contributed by atoms with Gasteiger partial charge in [0.25, 0.3) is 0 Å². The lowest BCUT2D eigenvalue weighted by Gasteiger charge is -2.32. The van der Waals surface area contributed by atoms with E-state index in [0.717, 1.165) is 11.4 Å². The molecule has 1 fully saturated rings. The van der Waals surface area contributed by atoms with Gasteiger partial charge >= 0.3 is 0 Å². The standard InChI is InChI=1S/C12H18N4S/c1-16(9-5-3-2-4-6-9)12-10(11(13)17)7-8-14-15-12/h7-9H,2-6H2,1H3,(H2,13,17). The SMILES string of the molecule is CN(c1nnccc1C(N)=S)C1CCCCC1. The molecule has 0 bridgehead atoms. The zero-order valence-corrected chi connectivity index (χ0v) is 10.9. The highest BCUT2D eigenvalue weighted by atomic mass is 32.1. The Balaban J connectivity index is 2.23. The Bertz CT molecular complexity index is 401. The number of nitrogens with two attached hydrogens (primary N) is 1. The summed E-state index contributed by atoms with van der Waals surface area (Å²) < 4.78 is 0. The third-order valence-electron chi connectivity index (χ3n) is 3.42. The lowest BCUT2D eigenvalue weighted by atomic mass is 9.94. The zero-order chi connectivity index (χ0) is 12.3. The van der Waals surface area contributed by atoms with Crippen molar-refractivity contribution in [2.75, 3.05) is 11.9 Å². The van der Waals surface area contributed by atoms with Crippen molar-refractivity contribution in [1.29, 1.82) is 0 Å². The van der Waals surface area contributed by atoms with Gasteiger partial charge in [0.15, 0.2) is 5.82 Å². The fraction of sp³-hybridized carbons (Fsp3) is 0.583. The average molecular weight is 250 g/mol. The Hall–Kier alpha value is -1.23. The molecule has 1 aliphatic carbocycles. The molecule has 0 aromatic carbocycles. The maximum Gasteiger partial charge on any atom is 0.161 e. The second-order valence-corrected chi connectivity index (χ2v) is 4.98. The van der Waals surface area contributed by atoms with Crippen LogP contribution in [0.2, 0.25) is 0 Å². The van der Waals surface area contributed by atoms with Crippen LogP contribution in [0.3, 0.4) is 0 Å². The largest absolute Gasteiger partial charge is 0.389 e. The third kappa shape index (κ3) is 2.72. The Morgan fingerprint density at radius 1 is 1.41 bits per heavy atom. The fourth-order valence-electron chi connectivity index (χ4n) is 2.42. The maximum atomic E-state index is 5.72. The molecule has 0 radical (unpaired) electrons. The number of nitrogens with zero attached hydrogens (tertiary/aromatic N) is 3. The maximum absolute atomic E-state index is 5.72. The van der Waals surface area contributed by atoms with Gasteiger partial charge in [0.1, 0.15) is 4.99 Å². The van der Waals surface area contributed by atoms with E-state index in [9.17, 15) is 0 Å². The van der Waals surface area contributed by atoms with E-state index < -0.39 is 0 Å². The van der Waals surface area contributed by atoms with Crippen molar-refractivity contribution in [3.63, 3.8) is 0 Å². The number of anilines is 1. The van der Waals surface area contributed by atoms with E-state index in [1.807, 2.05) is 6.07 Å². The van der Waals surface area contributed by atoms with Crippen LogP contribution < -0.4 is 10.6 Å². The minimum Gasteiger partial charge on any atom is -0.389 e. The smallest absolute Gasteiger partial charge is 0.161 e. The van der Waals surface area contributed by atoms with E-state index in [-0.39, 0.29) is 0 Å². The molecule has 2 N–H and O–H groups in total. The van der Waals surface area contributed by atoms with Gasteiger partial charge in [0.05, 0.1) is 11.8 Å². The van der Waals surface area contributed by atoms with Crippen molar-refractivity contribution in [3.05, 3.63) is 17.8 Å². The molecule has 0 saturated heterocycles. The fourth-order valence-corrected chi connectivity index (χ4v) is 2.58. The molecular weight excluding hydrogens is 232 g/mol.